The third-order valence-corrected chi connectivity index (χ3v) is 4.12. The molecule has 1 aliphatic heterocycles. The third kappa shape index (κ3) is 2.70. The predicted octanol–water partition coefficient (Wildman–Crippen LogP) is 3.56. The summed E-state index contributed by atoms with van der Waals surface area (Å²) in [5.74, 6) is 0.120. The lowest BCUT2D eigenvalue weighted by atomic mass is 9.94. The first kappa shape index (κ1) is 15.2. The van der Waals surface area contributed by atoms with Crippen LogP contribution in [0, 0.1) is 16.7 Å². The molecule has 3 rings (SSSR count). The van der Waals surface area contributed by atoms with E-state index in [0.29, 0.717) is 12.1 Å². The average Bonchev–Trinajstić information content (AvgIpc) is 2.97. The molecule has 0 spiro atoms. The van der Waals surface area contributed by atoms with Gasteiger partial charge in [-0.3, -0.25) is 9.78 Å². The molecule has 2 heterocycles. The number of hydrogen-bond donors (Lipinski definition) is 0. The molecule has 1 aromatic carbocycles. The molecule has 2 aromatic rings. The van der Waals surface area contributed by atoms with E-state index in [1.54, 1.807) is 6.20 Å². The Morgan fingerprint density at radius 1 is 1.22 bits per heavy atom. The minimum absolute atomic E-state index is 0.120. The van der Waals surface area contributed by atoms with E-state index in [9.17, 15) is 4.79 Å². The van der Waals surface area contributed by atoms with Crippen LogP contribution >= 0.6 is 0 Å². The highest BCUT2D eigenvalue weighted by Gasteiger charge is 2.33. The molecule has 0 N–H and O–H groups in total. The summed E-state index contributed by atoms with van der Waals surface area (Å²) in [4.78, 5) is 18.8. The number of amides is 1. The zero-order valence-electron chi connectivity index (χ0n) is 13.6. The summed E-state index contributed by atoms with van der Waals surface area (Å²) in [6.07, 6.45) is 4.44. The van der Waals surface area contributed by atoms with Crippen molar-refractivity contribution in [2.24, 2.45) is 5.41 Å². The summed E-state index contributed by atoms with van der Waals surface area (Å²) >= 11 is 0. The first-order chi connectivity index (χ1) is 10.9. The third-order valence-electron chi connectivity index (χ3n) is 4.12. The van der Waals surface area contributed by atoms with Crippen LogP contribution in [-0.4, -0.2) is 17.4 Å². The maximum Gasteiger partial charge on any atom is 0.232 e. The van der Waals surface area contributed by atoms with E-state index >= 15 is 0 Å². The molecule has 116 valence electrons. The predicted molar refractivity (Wildman–Crippen MR) is 89.9 cm³/mol. The number of anilines is 1. The van der Waals surface area contributed by atoms with Crippen molar-refractivity contribution in [1.82, 2.24) is 4.98 Å². The lowest BCUT2D eigenvalue weighted by Crippen LogP contribution is -2.38. The zero-order valence-corrected chi connectivity index (χ0v) is 13.6. The maximum absolute atomic E-state index is 12.6. The number of pyridine rings is 1. The molecule has 0 saturated carbocycles. The van der Waals surface area contributed by atoms with Gasteiger partial charge in [-0.15, -0.1) is 0 Å². The maximum atomic E-state index is 12.6. The van der Waals surface area contributed by atoms with Crippen LogP contribution < -0.4 is 4.90 Å². The average molecular weight is 305 g/mol. The number of nitrogens with zero attached hydrogens (tertiary/aromatic N) is 3. The van der Waals surface area contributed by atoms with E-state index in [0.717, 1.165) is 28.8 Å². The summed E-state index contributed by atoms with van der Waals surface area (Å²) in [5, 5.41) is 8.92. The van der Waals surface area contributed by atoms with Crippen LogP contribution in [0.1, 0.15) is 31.9 Å². The number of nitriles is 1. The highest BCUT2D eigenvalue weighted by atomic mass is 16.2. The van der Waals surface area contributed by atoms with Gasteiger partial charge in [-0.05, 0) is 29.7 Å². The fourth-order valence-corrected chi connectivity index (χ4v) is 2.90. The Kier molecular flexibility index (Phi) is 3.65. The van der Waals surface area contributed by atoms with Crippen molar-refractivity contribution in [2.75, 3.05) is 11.4 Å². The standard InChI is InChI=1S/C19H19N3O/c1-19(2,3)18(23)22-9-8-15-16(11-21-12-17(15)22)14-6-4-13(10-20)5-7-14/h4-7,11-12H,8-9H2,1-3H3. The fourth-order valence-electron chi connectivity index (χ4n) is 2.90. The Morgan fingerprint density at radius 2 is 1.91 bits per heavy atom. The number of aromatic nitrogens is 1. The van der Waals surface area contributed by atoms with Crippen LogP contribution in [-0.2, 0) is 11.2 Å². The number of carbonyl (C=O) groups excluding carboxylic acids is 1. The van der Waals surface area contributed by atoms with Gasteiger partial charge in [-0.25, -0.2) is 0 Å². The first-order valence-corrected chi connectivity index (χ1v) is 7.71. The normalized spacial score (nSPS) is 13.6. The second kappa shape index (κ2) is 5.51. The second-order valence-corrected chi connectivity index (χ2v) is 6.83. The molecule has 0 atom stereocenters. The van der Waals surface area contributed by atoms with Crippen molar-refractivity contribution in [3.63, 3.8) is 0 Å². The van der Waals surface area contributed by atoms with Crippen molar-refractivity contribution in [2.45, 2.75) is 27.2 Å². The minimum Gasteiger partial charge on any atom is -0.310 e. The van der Waals surface area contributed by atoms with Gasteiger partial charge in [0.2, 0.25) is 5.91 Å². The highest BCUT2D eigenvalue weighted by molar-refractivity contribution is 5.99. The van der Waals surface area contributed by atoms with Crippen LogP contribution in [0.4, 0.5) is 5.69 Å². The molecule has 4 heteroatoms. The van der Waals surface area contributed by atoms with Gasteiger partial charge < -0.3 is 4.90 Å². The lowest BCUT2D eigenvalue weighted by Gasteiger charge is -2.26. The van der Waals surface area contributed by atoms with Gasteiger partial charge in [0, 0.05) is 23.7 Å². The van der Waals surface area contributed by atoms with Crippen LogP contribution in [0.3, 0.4) is 0 Å². The molecule has 0 saturated heterocycles. The van der Waals surface area contributed by atoms with Crippen LogP contribution in [0.15, 0.2) is 36.7 Å². The summed E-state index contributed by atoms with van der Waals surface area (Å²) in [6.45, 7) is 6.50. The largest absolute Gasteiger partial charge is 0.310 e. The SMILES string of the molecule is CC(C)(C)C(=O)N1CCc2c(-c3ccc(C#N)cc3)cncc21. The molecule has 1 aromatic heterocycles. The number of hydrogen-bond acceptors (Lipinski definition) is 3. The number of rotatable bonds is 1. The molecule has 0 bridgehead atoms. The quantitative estimate of drug-likeness (QED) is 0.809. The topological polar surface area (TPSA) is 57.0 Å². The Balaban J connectivity index is 2.02. The zero-order chi connectivity index (χ0) is 16.6. The van der Waals surface area contributed by atoms with E-state index < -0.39 is 5.41 Å². The summed E-state index contributed by atoms with van der Waals surface area (Å²) in [7, 11) is 0. The number of carbonyl (C=O) groups is 1. The van der Waals surface area contributed by atoms with E-state index in [4.69, 9.17) is 5.26 Å². The lowest BCUT2D eigenvalue weighted by molar-refractivity contribution is -0.125. The monoisotopic (exact) mass is 305 g/mol. The van der Waals surface area contributed by atoms with Gasteiger partial charge in [0.25, 0.3) is 0 Å². The van der Waals surface area contributed by atoms with Crippen molar-refractivity contribution >= 4 is 11.6 Å². The molecular formula is C19H19N3O. The number of benzene rings is 1. The summed E-state index contributed by atoms with van der Waals surface area (Å²) in [6, 6.07) is 9.61. The summed E-state index contributed by atoms with van der Waals surface area (Å²) < 4.78 is 0. The number of fused-ring (bicyclic) bond motifs is 1. The molecule has 1 amide bonds. The van der Waals surface area contributed by atoms with Crippen LogP contribution in [0.25, 0.3) is 11.1 Å². The van der Waals surface area contributed by atoms with Crippen molar-refractivity contribution < 1.29 is 4.79 Å². The van der Waals surface area contributed by atoms with Gasteiger partial charge in [0.15, 0.2) is 0 Å². The van der Waals surface area contributed by atoms with Crippen molar-refractivity contribution in [3.05, 3.63) is 47.8 Å². The van der Waals surface area contributed by atoms with E-state index in [1.807, 2.05) is 56.1 Å². The van der Waals surface area contributed by atoms with E-state index in [2.05, 4.69) is 11.1 Å². The molecule has 23 heavy (non-hydrogen) atoms. The molecule has 0 aliphatic carbocycles. The van der Waals surface area contributed by atoms with Gasteiger partial charge in [0.05, 0.1) is 23.5 Å². The minimum atomic E-state index is -0.411. The molecule has 0 unspecified atom stereocenters. The van der Waals surface area contributed by atoms with Gasteiger partial charge in [-0.2, -0.15) is 5.26 Å². The molecular weight excluding hydrogens is 286 g/mol. The van der Waals surface area contributed by atoms with Crippen LogP contribution in [0.2, 0.25) is 0 Å². The molecule has 0 radical (unpaired) electrons. The van der Waals surface area contributed by atoms with Gasteiger partial charge >= 0.3 is 0 Å². The van der Waals surface area contributed by atoms with Crippen molar-refractivity contribution in [1.29, 1.82) is 5.26 Å². The highest BCUT2D eigenvalue weighted by Crippen LogP contribution is 2.37. The smallest absolute Gasteiger partial charge is 0.232 e. The molecule has 0 fully saturated rings. The Hall–Kier alpha value is -2.67. The van der Waals surface area contributed by atoms with E-state index in [-0.39, 0.29) is 5.91 Å². The molecule has 4 nitrogen and oxygen atoms in total. The van der Waals surface area contributed by atoms with Gasteiger partial charge in [0.1, 0.15) is 0 Å². The van der Waals surface area contributed by atoms with Crippen molar-refractivity contribution in [3.8, 4) is 17.2 Å². The molecule has 1 aliphatic rings. The fraction of sp³-hybridized carbons (Fsp3) is 0.316. The van der Waals surface area contributed by atoms with E-state index in [1.165, 1.54) is 0 Å². The Morgan fingerprint density at radius 3 is 2.52 bits per heavy atom. The Bertz CT molecular complexity index is 795. The second-order valence-electron chi connectivity index (χ2n) is 6.83. The summed E-state index contributed by atoms with van der Waals surface area (Å²) in [5.41, 5.74) is 4.36. The first-order valence-electron chi connectivity index (χ1n) is 7.71. The van der Waals surface area contributed by atoms with Crippen LogP contribution in [0.5, 0.6) is 0 Å². The Labute approximate surface area is 136 Å². The van der Waals surface area contributed by atoms with Gasteiger partial charge in [-0.1, -0.05) is 32.9 Å².